The highest BCUT2D eigenvalue weighted by Gasteiger charge is 2.31. The zero-order valence-electron chi connectivity index (χ0n) is 9.26. The second-order valence-electron chi connectivity index (χ2n) is 3.91. The van der Waals surface area contributed by atoms with Crippen molar-refractivity contribution in [2.24, 2.45) is 16.8 Å². The monoisotopic (exact) mass is 217 g/mol. The maximum Gasteiger partial charge on any atom is 0.253 e. The molecule has 4 heteroatoms. The van der Waals surface area contributed by atoms with Crippen molar-refractivity contribution in [1.29, 1.82) is 0 Å². The van der Waals surface area contributed by atoms with Gasteiger partial charge in [-0.3, -0.25) is 4.79 Å². The highest BCUT2D eigenvalue weighted by atomic mass is 16.2. The Kier molecular flexibility index (Phi) is 3.01. The van der Waals surface area contributed by atoms with Gasteiger partial charge < -0.3 is 5.73 Å². The Hall–Kier alpha value is -1.68. The van der Waals surface area contributed by atoms with Crippen molar-refractivity contribution >= 4 is 11.6 Å². The third kappa shape index (κ3) is 1.97. The predicted molar refractivity (Wildman–Crippen MR) is 62.6 cm³/mol. The van der Waals surface area contributed by atoms with E-state index in [0.29, 0.717) is 13.1 Å². The topological polar surface area (TPSA) is 58.7 Å². The van der Waals surface area contributed by atoms with Crippen LogP contribution >= 0.6 is 0 Å². The van der Waals surface area contributed by atoms with Gasteiger partial charge >= 0.3 is 0 Å². The average molecular weight is 217 g/mol. The van der Waals surface area contributed by atoms with E-state index in [-0.39, 0.29) is 11.8 Å². The molecule has 84 valence electrons. The largest absolute Gasteiger partial charge is 0.329 e. The van der Waals surface area contributed by atoms with Crippen LogP contribution in [0.2, 0.25) is 0 Å². The fourth-order valence-corrected chi connectivity index (χ4v) is 1.81. The third-order valence-electron chi connectivity index (χ3n) is 2.75. The molecule has 0 aromatic heterocycles. The summed E-state index contributed by atoms with van der Waals surface area (Å²) in [4.78, 5) is 11.9. The zero-order valence-corrected chi connectivity index (χ0v) is 9.26. The van der Waals surface area contributed by atoms with Gasteiger partial charge in [0.15, 0.2) is 0 Å². The molecule has 1 amide bonds. The molecule has 2 N–H and O–H groups in total. The first-order chi connectivity index (χ1) is 7.72. The Morgan fingerprint density at radius 1 is 1.38 bits per heavy atom. The van der Waals surface area contributed by atoms with Gasteiger partial charge in [0.05, 0.1) is 12.5 Å². The number of hydrogen-bond acceptors (Lipinski definition) is 3. The molecule has 0 saturated heterocycles. The SMILES string of the molecule is CC1=NN(Cc2ccccc2)C(=O)C1CN. The van der Waals surface area contributed by atoms with E-state index in [0.717, 1.165) is 11.3 Å². The van der Waals surface area contributed by atoms with Crippen LogP contribution in [0, 0.1) is 5.92 Å². The maximum absolute atomic E-state index is 11.9. The number of rotatable bonds is 3. The first kappa shape index (κ1) is 10.8. The molecule has 2 rings (SSSR count). The quantitative estimate of drug-likeness (QED) is 0.820. The molecular weight excluding hydrogens is 202 g/mol. The fourth-order valence-electron chi connectivity index (χ4n) is 1.81. The Morgan fingerprint density at radius 2 is 2.06 bits per heavy atom. The van der Waals surface area contributed by atoms with E-state index < -0.39 is 0 Å². The Bertz CT molecular complexity index is 414. The molecular formula is C12H15N3O. The summed E-state index contributed by atoms with van der Waals surface area (Å²) in [6.07, 6.45) is 0. The summed E-state index contributed by atoms with van der Waals surface area (Å²) < 4.78 is 0. The van der Waals surface area contributed by atoms with Crippen LogP contribution in [0.3, 0.4) is 0 Å². The Balaban J connectivity index is 2.11. The van der Waals surface area contributed by atoms with E-state index in [9.17, 15) is 4.79 Å². The van der Waals surface area contributed by atoms with Crippen molar-refractivity contribution in [3.8, 4) is 0 Å². The number of carbonyl (C=O) groups excluding carboxylic acids is 1. The van der Waals surface area contributed by atoms with E-state index in [1.54, 1.807) is 0 Å². The van der Waals surface area contributed by atoms with Crippen molar-refractivity contribution in [1.82, 2.24) is 5.01 Å². The van der Waals surface area contributed by atoms with Gasteiger partial charge in [-0.15, -0.1) is 0 Å². The van der Waals surface area contributed by atoms with Crippen molar-refractivity contribution in [3.63, 3.8) is 0 Å². The normalized spacial score (nSPS) is 20.1. The molecule has 0 spiro atoms. The lowest BCUT2D eigenvalue weighted by Crippen LogP contribution is -2.31. The molecule has 4 nitrogen and oxygen atoms in total. The second kappa shape index (κ2) is 4.45. The first-order valence-electron chi connectivity index (χ1n) is 5.33. The molecule has 1 heterocycles. The lowest BCUT2D eigenvalue weighted by molar-refractivity contribution is -0.132. The predicted octanol–water partition coefficient (Wildman–Crippen LogP) is 0.980. The van der Waals surface area contributed by atoms with Crippen molar-refractivity contribution < 1.29 is 4.79 Å². The van der Waals surface area contributed by atoms with Crippen LogP contribution in [0.25, 0.3) is 0 Å². The zero-order chi connectivity index (χ0) is 11.5. The van der Waals surface area contributed by atoms with Gasteiger partial charge in [0.1, 0.15) is 0 Å². The van der Waals surface area contributed by atoms with Gasteiger partial charge in [-0.2, -0.15) is 5.10 Å². The number of benzene rings is 1. The van der Waals surface area contributed by atoms with E-state index in [1.807, 2.05) is 37.3 Å². The molecule has 1 aromatic rings. The van der Waals surface area contributed by atoms with Crippen LogP contribution < -0.4 is 5.73 Å². The number of nitrogens with zero attached hydrogens (tertiary/aromatic N) is 2. The van der Waals surface area contributed by atoms with Crippen LogP contribution in [-0.4, -0.2) is 23.2 Å². The van der Waals surface area contributed by atoms with Gasteiger partial charge in [-0.05, 0) is 12.5 Å². The molecule has 1 aromatic carbocycles. The van der Waals surface area contributed by atoms with Gasteiger partial charge in [0, 0.05) is 12.3 Å². The summed E-state index contributed by atoms with van der Waals surface area (Å²) >= 11 is 0. The van der Waals surface area contributed by atoms with Gasteiger partial charge in [0.2, 0.25) is 0 Å². The summed E-state index contributed by atoms with van der Waals surface area (Å²) in [5.41, 5.74) is 7.42. The standard InChI is InChI=1S/C12H15N3O/c1-9-11(7-13)12(16)15(14-9)8-10-5-3-2-4-6-10/h2-6,11H,7-8,13H2,1H3. The third-order valence-corrected chi connectivity index (χ3v) is 2.75. The summed E-state index contributed by atoms with van der Waals surface area (Å²) in [7, 11) is 0. The van der Waals surface area contributed by atoms with E-state index >= 15 is 0 Å². The molecule has 1 unspecified atom stereocenters. The lowest BCUT2D eigenvalue weighted by Gasteiger charge is -2.13. The molecule has 0 fully saturated rings. The van der Waals surface area contributed by atoms with Gasteiger partial charge in [-0.1, -0.05) is 30.3 Å². The molecule has 1 aliphatic heterocycles. The van der Waals surface area contributed by atoms with Gasteiger partial charge in [0.25, 0.3) is 5.91 Å². The van der Waals surface area contributed by atoms with Crippen LogP contribution in [0.1, 0.15) is 12.5 Å². The molecule has 1 atom stereocenters. The minimum absolute atomic E-state index is 0.00357. The molecule has 0 bridgehead atoms. The second-order valence-corrected chi connectivity index (χ2v) is 3.91. The lowest BCUT2D eigenvalue weighted by atomic mass is 10.1. The van der Waals surface area contributed by atoms with E-state index in [2.05, 4.69) is 5.10 Å². The summed E-state index contributed by atoms with van der Waals surface area (Å²) in [6.45, 7) is 2.70. The van der Waals surface area contributed by atoms with Crippen LogP contribution in [-0.2, 0) is 11.3 Å². The molecule has 16 heavy (non-hydrogen) atoms. The minimum Gasteiger partial charge on any atom is -0.329 e. The minimum atomic E-state index is -0.233. The Labute approximate surface area is 94.7 Å². The molecule has 0 radical (unpaired) electrons. The number of nitrogens with two attached hydrogens (primary N) is 1. The van der Waals surface area contributed by atoms with Crippen LogP contribution in [0.15, 0.2) is 35.4 Å². The fraction of sp³-hybridized carbons (Fsp3) is 0.333. The maximum atomic E-state index is 11.9. The molecule has 0 saturated carbocycles. The number of hydrogen-bond donors (Lipinski definition) is 1. The van der Waals surface area contributed by atoms with Gasteiger partial charge in [-0.25, -0.2) is 5.01 Å². The summed E-state index contributed by atoms with van der Waals surface area (Å²) in [5.74, 6) is -0.229. The van der Waals surface area contributed by atoms with Crippen molar-refractivity contribution in [2.45, 2.75) is 13.5 Å². The van der Waals surface area contributed by atoms with Crippen LogP contribution in [0.5, 0.6) is 0 Å². The van der Waals surface area contributed by atoms with Crippen LogP contribution in [0.4, 0.5) is 0 Å². The first-order valence-corrected chi connectivity index (χ1v) is 5.33. The molecule has 0 aliphatic carbocycles. The molecule has 1 aliphatic rings. The average Bonchev–Trinajstić information content (AvgIpc) is 2.55. The van der Waals surface area contributed by atoms with E-state index in [4.69, 9.17) is 5.73 Å². The Morgan fingerprint density at radius 3 is 2.62 bits per heavy atom. The summed E-state index contributed by atoms with van der Waals surface area (Å²) in [5, 5.41) is 5.74. The van der Waals surface area contributed by atoms with Crippen molar-refractivity contribution in [2.75, 3.05) is 6.54 Å². The number of carbonyl (C=O) groups is 1. The number of amides is 1. The number of hydrazone groups is 1. The van der Waals surface area contributed by atoms with E-state index in [1.165, 1.54) is 5.01 Å². The van der Waals surface area contributed by atoms with Crippen molar-refractivity contribution in [3.05, 3.63) is 35.9 Å². The smallest absolute Gasteiger partial charge is 0.253 e. The highest BCUT2D eigenvalue weighted by Crippen LogP contribution is 2.17. The highest BCUT2D eigenvalue weighted by molar-refractivity contribution is 6.07. The summed E-state index contributed by atoms with van der Waals surface area (Å²) in [6, 6.07) is 9.81.